The van der Waals surface area contributed by atoms with Crippen LogP contribution in [0.25, 0.3) is 0 Å². The maximum Gasteiger partial charge on any atom is 0.243 e. The molecule has 4 rings (SSSR count). The number of carbonyl (C=O) groups is 1. The Morgan fingerprint density at radius 1 is 1.14 bits per heavy atom. The molecule has 3 aromatic rings. The highest BCUT2D eigenvalue weighted by Crippen LogP contribution is 2.35. The van der Waals surface area contributed by atoms with Crippen molar-refractivity contribution in [1.82, 2.24) is 14.8 Å². The Labute approximate surface area is 177 Å². The Morgan fingerprint density at radius 2 is 1.89 bits per heavy atom. The number of benzene rings is 2. The maximum atomic E-state index is 12.4. The summed E-state index contributed by atoms with van der Waals surface area (Å²) in [7, 11) is 0. The molecule has 1 saturated carbocycles. The molecule has 2 aromatic carbocycles. The maximum absolute atomic E-state index is 12.4. The molecule has 1 amide bonds. The normalized spacial score (nSPS) is 13.9. The van der Waals surface area contributed by atoms with E-state index in [0.29, 0.717) is 16.7 Å². The minimum atomic E-state index is 0.0833. The Hall–Kier alpha value is -2.02. The van der Waals surface area contributed by atoms with Gasteiger partial charge < -0.3 is 5.32 Å². The van der Waals surface area contributed by atoms with Crippen LogP contribution in [0, 0.1) is 5.92 Å². The molecule has 0 spiro atoms. The zero-order chi connectivity index (χ0) is 19.5. The van der Waals surface area contributed by atoms with Crippen LogP contribution in [0.5, 0.6) is 0 Å². The van der Waals surface area contributed by atoms with E-state index in [1.54, 1.807) is 4.68 Å². The van der Waals surface area contributed by atoms with Gasteiger partial charge in [0.25, 0.3) is 0 Å². The second-order valence-electron chi connectivity index (χ2n) is 6.66. The van der Waals surface area contributed by atoms with E-state index < -0.39 is 0 Å². The molecule has 0 aliphatic heterocycles. The Balaban J connectivity index is 1.54. The van der Waals surface area contributed by atoms with Gasteiger partial charge in [0.05, 0.1) is 12.2 Å². The number of para-hydroxylation sites is 1. The van der Waals surface area contributed by atoms with E-state index in [2.05, 4.69) is 15.4 Å². The van der Waals surface area contributed by atoms with Gasteiger partial charge in [-0.3, -0.25) is 4.79 Å². The monoisotopic (exact) mass is 432 g/mol. The van der Waals surface area contributed by atoms with Crippen LogP contribution < -0.4 is 5.32 Å². The van der Waals surface area contributed by atoms with Crippen molar-refractivity contribution < 1.29 is 4.79 Å². The predicted molar refractivity (Wildman–Crippen MR) is 112 cm³/mol. The number of nitrogens with one attached hydrogen (secondary N) is 1. The van der Waals surface area contributed by atoms with Crippen molar-refractivity contribution in [2.24, 2.45) is 5.92 Å². The van der Waals surface area contributed by atoms with E-state index >= 15 is 0 Å². The van der Waals surface area contributed by atoms with Gasteiger partial charge in [-0.25, -0.2) is 4.68 Å². The van der Waals surface area contributed by atoms with Crippen molar-refractivity contribution in [3.63, 3.8) is 0 Å². The van der Waals surface area contributed by atoms with Crippen molar-refractivity contribution in [3.8, 4) is 0 Å². The zero-order valence-corrected chi connectivity index (χ0v) is 17.3. The average Bonchev–Trinajstić information content (AvgIpc) is 2.96. The molecule has 1 fully saturated rings. The van der Waals surface area contributed by atoms with E-state index in [9.17, 15) is 4.79 Å². The van der Waals surface area contributed by atoms with Gasteiger partial charge in [-0.2, -0.15) is 4.98 Å². The largest absolute Gasteiger partial charge is 0.325 e. The van der Waals surface area contributed by atoms with Gasteiger partial charge in [0.2, 0.25) is 11.2 Å². The van der Waals surface area contributed by atoms with E-state index in [-0.39, 0.29) is 17.1 Å². The highest BCUT2D eigenvalue weighted by Gasteiger charge is 2.25. The summed E-state index contributed by atoms with van der Waals surface area (Å²) in [4.78, 5) is 17.6. The topological polar surface area (TPSA) is 59.8 Å². The highest BCUT2D eigenvalue weighted by molar-refractivity contribution is 7.99. The van der Waals surface area contributed by atoms with Crippen LogP contribution in [-0.4, -0.2) is 20.7 Å². The first-order chi connectivity index (χ1) is 13.6. The molecule has 1 N–H and O–H groups in total. The van der Waals surface area contributed by atoms with Gasteiger partial charge in [-0.05, 0) is 66.0 Å². The fraction of sp³-hybridized carbons (Fsp3) is 0.250. The Kier molecular flexibility index (Phi) is 5.90. The highest BCUT2D eigenvalue weighted by atomic mass is 35.5. The molecule has 28 heavy (non-hydrogen) atoms. The summed E-state index contributed by atoms with van der Waals surface area (Å²) in [6.45, 7) is 0.524. The molecule has 1 aliphatic carbocycles. The summed E-state index contributed by atoms with van der Waals surface area (Å²) in [6.07, 6.45) is 3.05. The smallest absolute Gasteiger partial charge is 0.243 e. The zero-order valence-electron chi connectivity index (χ0n) is 14.9. The molecule has 0 radical (unpaired) electrons. The second kappa shape index (κ2) is 8.55. The van der Waals surface area contributed by atoms with Crippen LogP contribution in [0.2, 0.25) is 10.3 Å². The minimum absolute atomic E-state index is 0.0833. The summed E-state index contributed by atoms with van der Waals surface area (Å²) in [5, 5.41) is 8.88. The Morgan fingerprint density at radius 3 is 2.61 bits per heavy atom. The van der Waals surface area contributed by atoms with E-state index in [1.165, 1.54) is 11.8 Å². The summed E-state index contributed by atoms with van der Waals surface area (Å²) < 4.78 is 1.75. The van der Waals surface area contributed by atoms with Gasteiger partial charge in [-0.1, -0.05) is 42.3 Å². The van der Waals surface area contributed by atoms with Crippen molar-refractivity contribution in [2.45, 2.75) is 35.9 Å². The predicted octanol–water partition coefficient (Wildman–Crippen LogP) is 5.52. The Bertz CT molecular complexity index is 986. The van der Waals surface area contributed by atoms with Crippen LogP contribution in [0.3, 0.4) is 0 Å². The van der Waals surface area contributed by atoms with Crippen molar-refractivity contribution in [3.05, 3.63) is 64.4 Å². The number of aromatic nitrogens is 3. The first kappa shape index (κ1) is 19.3. The van der Waals surface area contributed by atoms with Crippen molar-refractivity contribution >= 4 is 46.6 Å². The van der Waals surface area contributed by atoms with E-state index in [4.69, 9.17) is 23.2 Å². The lowest BCUT2D eigenvalue weighted by atomic mass is 9.85. The van der Waals surface area contributed by atoms with Crippen LogP contribution in [-0.2, 0) is 11.3 Å². The lowest BCUT2D eigenvalue weighted by Crippen LogP contribution is -2.28. The van der Waals surface area contributed by atoms with Crippen LogP contribution >= 0.6 is 35.0 Å². The molecule has 0 saturated heterocycles. The summed E-state index contributed by atoms with van der Waals surface area (Å²) in [5.74, 6) is 0.209. The number of halogens is 2. The lowest BCUT2D eigenvalue weighted by Gasteiger charge is -2.24. The summed E-state index contributed by atoms with van der Waals surface area (Å²) >= 11 is 13.5. The molecule has 8 heteroatoms. The van der Waals surface area contributed by atoms with Crippen molar-refractivity contribution in [2.75, 3.05) is 5.32 Å². The van der Waals surface area contributed by atoms with Crippen LogP contribution in [0.1, 0.15) is 24.8 Å². The first-order valence-corrected chi connectivity index (χ1v) is 10.6. The molecule has 144 valence electrons. The molecule has 5 nitrogen and oxygen atoms in total. The number of nitrogens with zero attached hydrogens (tertiary/aromatic N) is 3. The van der Waals surface area contributed by atoms with Crippen LogP contribution in [0.15, 0.2) is 58.6 Å². The second-order valence-corrected chi connectivity index (χ2v) is 8.45. The van der Waals surface area contributed by atoms with Crippen molar-refractivity contribution in [1.29, 1.82) is 0 Å². The molecule has 0 atom stereocenters. The minimum Gasteiger partial charge on any atom is -0.325 e. The van der Waals surface area contributed by atoms with Gasteiger partial charge in [0.15, 0.2) is 5.16 Å². The van der Waals surface area contributed by atoms with Crippen LogP contribution in [0.4, 0.5) is 5.69 Å². The molecule has 1 aromatic heterocycles. The van der Waals surface area contributed by atoms with Gasteiger partial charge in [-0.15, -0.1) is 5.10 Å². The quantitative estimate of drug-likeness (QED) is 0.556. The SMILES string of the molecule is O=C(Nc1ccccc1Sc1nc(Cl)nn1Cc1ccc(Cl)cc1)C1CCC1. The fourth-order valence-corrected chi connectivity index (χ4v) is 4.17. The van der Waals surface area contributed by atoms with Gasteiger partial charge in [0.1, 0.15) is 0 Å². The molecule has 0 unspecified atom stereocenters. The average molecular weight is 433 g/mol. The lowest BCUT2D eigenvalue weighted by molar-refractivity contribution is -0.122. The third kappa shape index (κ3) is 4.51. The number of hydrogen-bond donors (Lipinski definition) is 1. The molecular formula is C20H18Cl2N4OS. The fourth-order valence-electron chi connectivity index (χ4n) is 2.91. The number of amides is 1. The first-order valence-electron chi connectivity index (χ1n) is 9.01. The molecular weight excluding hydrogens is 415 g/mol. The molecule has 1 heterocycles. The van der Waals surface area contributed by atoms with Gasteiger partial charge in [0, 0.05) is 15.8 Å². The van der Waals surface area contributed by atoms with E-state index in [0.717, 1.165) is 35.4 Å². The third-order valence-corrected chi connectivity index (χ3v) is 6.15. The summed E-state index contributed by atoms with van der Waals surface area (Å²) in [5.41, 5.74) is 1.82. The standard InChI is InChI=1S/C20H18Cl2N4OS/c21-15-10-8-13(9-11-15)12-26-20(24-19(22)25-26)28-17-7-2-1-6-16(17)23-18(27)14-4-3-5-14/h1-2,6-11,14H,3-5,12H2,(H,23,27). The molecule has 0 bridgehead atoms. The van der Waals surface area contributed by atoms with Gasteiger partial charge >= 0.3 is 0 Å². The number of carbonyl (C=O) groups excluding carboxylic acids is 1. The van der Waals surface area contributed by atoms with E-state index in [1.807, 2.05) is 48.5 Å². The number of rotatable bonds is 6. The number of anilines is 1. The number of hydrogen-bond acceptors (Lipinski definition) is 4. The summed E-state index contributed by atoms with van der Waals surface area (Å²) in [6, 6.07) is 15.3. The third-order valence-electron chi connectivity index (χ3n) is 4.68. The molecule has 1 aliphatic rings.